The molecule has 1 aliphatic heterocycles. The van der Waals surface area contributed by atoms with Gasteiger partial charge in [-0.05, 0) is 19.4 Å². The Morgan fingerprint density at radius 1 is 1.60 bits per heavy atom. The summed E-state index contributed by atoms with van der Waals surface area (Å²) < 4.78 is 13.4. The van der Waals surface area contributed by atoms with Crippen molar-refractivity contribution in [1.82, 2.24) is 14.5 Å². The fraction of sp³-hybridized carbons (Fsp3) is 0.571. The quantitative estimate of drug-likeness (QED) is 0.928. The molecule has 0 radical (unpaired) electrons. The Morgan fingerprint density at radius 2 is 2.40 bits per heavy atom. The zero-order valence-electron chi connectivity index (χ0n) is 11.9. The molecular weight excluding hydrogens is 258 g/mol. The van der Waals surface area contributed by atoms with E-state index in [4.69, 9.17) is 9.47 Å². The molecule has 1 N–H and O–H groups in total. The van der Waals surface area contributed by atoms with Crippen LogP contribution in [0.5, 0.6) is 0 Å². The molecule has 0 aromatic carbocycles. The van der Waals surface area contributed by atoms with Crippen molar-refractivity contribution < 1.29 is 9.47 Å². The van der Waals surface area contributed by atoms with Gasteiger partial charge in [-0.2, -0.15) is 0 Å². The monoisotopic (exact) mass is 277 g/mol. The maximum atomic E-state index is 11.9. The molecule has 3 atom stereocenters. The van der Waals surface area contributed by atoms with Crippen molar-refractivity contribution in [1.29, 1.82) is 0 Å². The number of nitrogens with zero attached hydrogens (tertiary/aromatic N) is 2. The van der Waals surface area contributed by atoms with E-state index in [2.05, 4.69) is 16.9 Å². The van der Waals surface area contributed by atoms with Gasteiger partial charge in [-0.1, -0.05) is 6.92 Å². The molecule has 0 aliphatic carbocycles. The van der Waals surface area contributed by atoms with Crippen LogP contribution >= 0.6 is 0 Å². The first-order valence-electron chi connectivity index (χ1n) is 6.89. The number of methoxy groups -OCH3 is 1. The molecule has 108 valence electrons. The first kappa shape index (κ1) is 13.3. The molecule has 2 aromatic rings. The van der Waals surface area contributed by atoms with Crippen molar-refractivity contribution in [2.24, 2.45) is 0 Å². The summed E-state index contributed by atoms with van der Waals surface area (Å²) in [6, 6.07) is 1.78. The van der Waals surface area contributed by atoms with Crippen LogP contribution in [0.3, 0.4) is 0 Å². The SMILES string of the molecule is CCC1OC(n2ccc3c(=O)[nH]c(C)nc32)C[C@H]1OC. The largest absolute Gasteiger partial charge is 0.379 e. The Bertz CT molecular complexity index is 664. The highest BCUT2D eigenvalue weighted by Gasteiger charge is 2.35. The van der Waals surface area contributed by atoms with Crippen molar-refractivity contribution in [3.8, 4) is 0 Å². The van der Waals surface area contributed by atoms with E-state index in [1.54, 1.807) is 20.1 Å². The Kier molecular flexibility index (Phi) is 3.35. The van der Waals surface area contributed by atoms with Crippen molar-refractivity contribution in [2.45, 2.75) is 45.1 Å². The molecule has 6 heteroatoms. The number of rotatable bonds is 3. The molecule has 0 bridgehead atoms. The van der Waals surface area contributed by atoms with Gasteiger partial charge in [0.25, 0.3) is 5.56 Å². The number of aryl methyl sites for hydroxylation is 1. The van der Waals surface area contributed by atoms with Crippen LogP contribution < -0.4 is 5.56 Å². The first-order valence-corrected chi connectivity index (χ1v) is 6.89. The lowest BCUT2D eigenvalue weighted by molar-refractivity contribution is -0.0271. The second-order valence-corrected chi connectivity index (χ2v) is 5.16. The van der Waals surface area contributed by atoms with Crippen LogP contribution in [0, 0.1) is 6.92 Å². The van der Waals surface area contributed by atoms with Crippen LogP contribution in [0.2, 0.25) is 0 Å². The zero-order valence-corrected chi connectivity index (χ0v) is 11.9. The van der Waals surface area contributed by atoms with E-state index in [9.17, 15) is 4.79 Å². The third kappa shape index (κ3) is 2.05. The molecule has 3 heterocycles. The summed E-state index contributed by atoms with van der Waals surface area (Å²) in [5.74, 6) is 0.607. The van der Waals surface area contributed by atoms with Crippen molar-refractivity contribution in [3.05, 3.63) is 28.4 Å². The lowest BCUT2D eigenvalue weighted by Crippen LogP contribution is -2.21. The van der Waals surface area contributed by atoms with E-state index < -0.39 is 0 Å². The molecule has 1 saturated heterocycles. The fourth-order valence-electron chi connectivity index (χ4n) is 2.87. The highest BCUT2D eigenvalue weighted by Crippen LogP contribution is 2.33. The smallest absolute Gasteiger partial charge is 0.260 e. The summed E-state index contributed by atoms with van der Waals surface area (Å²) >= 11 is 0. The lowest BCUT2D eigenvalue weighted by atomic mass is 10.1. The Labute approximate surface area is 116 Å². The number of H-pyrrole nitrogens is 1. The molecule has 2 aromatic heterocycles. The van der Waals surface area contributed by atoms with Crippen LogP contribution in [-0.2, 0) is 9.47 Å². The van der Waals surface area contributed by atoms with E-state index in [0.29, 0.717) is 16.9 Å². The van der Waals surface area contributed by atoms with Crippen LogP contribution in [0.1, 0.15) is 31.8 Å². The minimum Gasteiger partial charge on any atom is -0.379 e. The summed E-state index contributed by atoms with van der Waals surface area (Å²) in [6.07, 6.45) is 3.59. The maximum Gasteiger partial charge on any atom is 0.260 e. The highest BCUT2D eigenvalue weighted by molar-refractivity contribution is 5.75. The molecule has 0 saturated carbocycles. The predicted molar refractivity (Wildman–Crippen MR) is 74.7 cm³/mol. The Morgan fingerprint density at radius 3 is 3.05 bits per heavy atom. The highest BCUT2D eigenvalue weighted by atomic mass is 16.6. The molecule has 1 aliphatic rings. The summed E-state index contributed by atoms with van der Waals surface area (Å²) in [4.78, 5) is 19.0. The number of fused-ring (bicyclic) bond motifs is 1. The van der Waals surface area contributed by atoms with Gasteiger partial charge in [-0.3, -0.25) is 4.79 Å². The van der Waals surface area contributed by atoms with Crippen LogP contribution in [0.15, 0.2) is 17.1 Å². The van der Waals surface area contributed by atoms with Gasteiger partial charge < -0.3 is 19.0 Å². The minimum atomic E-state index is -0.129. The van der Waals surface area contributed by atoms with Crippen molar-refractivity contribution in [2.75, 3.05) is 7.11 Å². The van der Waals surface area contributed by atoms with Crippen LogP contribution in [0.25, 0.3) is 11.0 Å². The standard InChI is InChI=1S/C14H19N3O3/c1-4-10-11(19-3)7-12(20-10)17-6-5-9-13(17)15-8(2)16-14(9)18/h5-6,10-12H,4,7H2,1-3H3,(H,15,16,18)/t10?,11-,12?/m1/s1. The number of aromatic nitrogens is 3. The van der Waals surface area contributed by atoms with Crippen LogP contribution in [0.4, 0.5) is 0 Å². The second-order valence-electron chi connectivity index (χ2n) is 5.16. The molecule has 0 spiro atoms. The molecule has 2 unspecified atom stereocenters. The molecule has 1 fully saturated rings. The predicted octanol–water partition coefficient (Wildman–Crippen LogP) is 1.75. The molecular formula is C14H19N3O3. The Hall–Kier alpha value is -1.66. The topological polar surface area (TPSA) is 69.1 Å². The minimum absolute atomic E-state index is 0.0885. The number of aromatic amines is 1. The van der Waals surface area contributed by atoms with Gasteiger partial charge >= 0.3 is 0 Å². The van der Waals surface area contributed by atoms with E-state index in [1.807, 2.05) is 10.8 Å². The lowest BCUT2D eigenvalue weighted by Gasteiger charge is -2.15. The van der Waals surface area contributed by atoms with Gasteiger partial charge in [0.05, 0.1) is 17.6 Å². The van der Waals surface area contributed by atoms with Gasteiger partial charge in [-0.25, -0.2) is 4.98 Å². The first-order chi connectivity index (χ1) is 9.63. The summed E-state index contributed by atoms with van der Waals surface area (Å²) in [6.45, 7) is 3.86. The number of ether oxygens (including phenoxy) is 2. The summed E-state index contributed by atoms with van der Waals surface area (Å²) in [5.41, 5.74) is 0.558. The van der Waals surface area contributed by atoms with E-state index in [0.717, 1.165) is 12.8 Å². The van der Waals surface area contributed by atoms with Gasteiger partial charge in [-0.15, -0.1) is 0 Å². The van der Waals surface area contributed by atoms with Crippen LogP contribution in [-0.4, -0.2) is 33.9 Å². The zero-order chi connectivity index (χ0) is 14.3. The maximum absolute atomic E-state index is 11.9. The average Bonchev–Trinajstić information content (AvgIpc) is 3.01. The average molecular weight is 277 g/mol. The van der Waals surface area contributed by atoms with Gasteiger partial charge in [0.1, 0.15) is 17.7 Å². The van der Waals surface area contributed by atoms with Gasteiger partial charge in [0.15, 0.2) is 0 Å². The van der Waals surface area contributed by atoms with E-state index >= 15 is 0 Å². The third-order valence-electron chi connectivity index (χ3n) is 3.90. The molecule has 20 heavy (non-hydrogen) atoms. The third-order valence-corrected chi connectivity index (χ3v) is 3.90. The van der Waals surface area contributed by atoms with Gasteiger partial charge in [0.2, 0.25) is 0 Å². The van der Waals surface area contributed by atoms with Gasteiger partial charge in [0, 0.05) is 19.7 Å². The number of hydrogen-bond donors (Lipinski definition) is 1. The summed E-state index contributed by atoms with van der Waals surface area (Å²) in [5, 5.41) is 0.591. The number of hydrogen-bond acceptors (Lipinski definition) is 4. The molecule has 6 nitrogen and oxygen atoms in total. The normalized spacial score (nSPS) is 26.4. The molecule has 3 rings (SSSR count). The number of nitrogens with one attached hydrogen (secondary N) is 1. The van der Waals surface area contributed by atoms with Crippen molar-refractivity contribution >= 4 is 11.0 Å². The second kappa shape index (κ2) is 5.03. The van der Waals surface area contributed by atoms with E-state index in [-0.39, 0.29) is 24.0 Å². The van der Waals surface area contributed by atoms with E-state index in [1.165, 1.54) is 0 Å². The van der Waals surface area contributed by atoms with Crippen molar-refractivity contribution in [3.63, 3.8) is 0 Å². The Balaban J connectivity index is 2.01. The molecule has 0 amide bonds. The summed E-state index contributed by atoms with van der Waals surface area (Å²) in [7, 11) is 1.71. The fourth-order valence-corrected chi connectivity index (χ4v) is 2.87.